The molecule has 0 aliphatic carbocycles. The third-order valence-electron chi connectivity index (χ3n) is 5.43. The first-order valence-electron chi connectivity index (χ1n) is 9.72. The molecule has 2 fully saturated rings. The number of nitrogens with zero attached hydrogens (tertiary/aromatic N) is 4. The highest BCUT2D eigenvalue weighted by Crippen LogP contribution is 2.21. The fraction of sp³-hybridized carbons (Fsp3) is 0.429. The van der Waals surface area contributed by atoms with Crippen LogP contribution in [0, 0.1) is 5.82 Å². The number of anilines is 2. The van der Waals surface area contributed by atoms with Crippen LogP contribution in [0.3, 0.4) is 0 Å². The number of pyridine rings is 1. The van der Waals surface area contributed by atoms with Crippen molar-refractivity contribution in [1.29, 1.82) is 0 Å². The molecule has 0 saturated carbocycles. The second-order valence-corrected chi connectivity index (χ2v) is 7.18. The van der Waals surface area contributed by atoms with Gasteiger partial charge in [-0.25, -0.2) is 9.37 Å². The Morgan fingerprint density at radius 3 is 2.26 bits per heavy atom. The minimum Gasteiger partial charge on any atom is -0.366 e. The van der Waals surface area contributed by atoms with Gasteiger partial charge in [-0.05, 0) is 43.5 Å². The predicted octanol–water partition coefficient (Wildman–Crippen LogP) is 3.17. The Kier molecular flexibility index (Phi) is 5.23. The van der Waals surface area contributed by atoms with E-state index < -0.39 is 0 Å². The summed E-state index contributed by atoms with van der Waals surface area (Å²) in [5, 5.41) is 0. The first-order chi connectivity index (χ1) is 13.2. The summed E-state index contributed by atoms with van der Waals surface area (Å²) in [6, 6.07) is 10.6. The number of hydrogen-bond acceptors (Lipinski definition) is 4. The Morgan fingerprint density at radius 2 is 1.59 bits per heavy atom. The van der Waals surface area contributed by atoms with Crippen LogP contribution in [0.15, 0.2) is 42.6 Å². The topological polar surface area (TPSA) is 39.7 Å². The van der Waals surface area contributed by atoms with Crippen LogP contribution in [0.4, 0.5) is 15.9 Å². The van der Waals surface area contributed by atoms with Crippen LogP contribution in [0.2, 0.25) is 0 Å². The molecule has 2 aromatic rings. The molecule has 2 aliphatic heterocycles. The van der Waals surface area contributed by atoms with Gasteiger partial charge in [0.1, 0.15) is 11.6 Å². The van der Waals surface area contributed by atoms with Crippen molar-refractivity contribution in [1.82, 2.24) is 9.88 Å². The summed E-state index contributed by atoms with van der Waals surface area (Å²) in [5.41, 5.74) is 1.23. The standard InChI is InChI=1S/C21H25FN4O/c22-18-6-2-3-7-19(18)24-12-14-26(15-13-24)21(27)17-8-9-20(23-16-17)25-10-4-1-5-11-25/h2-3,6-9,16H,1,4-5,10-15H2. The molecule has 142 valence electrons. The molecule has 0 N–H and O–H groups in total. The van der Waals surface area contributed by atoms with Gasteiger partial charge < -0.3 is 14.7 Å². The molecule has 1 aromatic heterocycles. The molecule has 3 heterocycles. The molecule has 0 unspecified atom stereocenters. The van der Waals surface area contributed by atoms with Gasteiger partial charge in [-0.2, -0.15) is 0 Å². The molecule has 0 bridgehead atoms. The zero-order valence-corrected chi connectivity index (χ0v) is 15.5. The van der Waals surface area contributed by atoms with Gasteiger partial charge in [0.25, 0.3) is 5.91 Å². The zero-order chi connectivity index (χ0) is 18.6. The maximum atomic E-state index is 14.0. The number of rotatable bonds is 3. The summed E-state index contributed by atoms with van der Waals surface area (Å²) in [7, 11) is 0. The molecule has 1 aromatic carbocycles. The maximum Gasteiger partial charge on any atom is 0.255 e. The highest BCUT2D eigenvalue weighted by molar-refractivity contribution is 5.94. The van der Waals surface area contributed by atoms with E-state index >= 15 is 0 Å². The van der Waals surface area contributed by atoms with Crippen LogP contribution >= 0.6 is 0 Å². The number of piperazine rings is 1. The van der Waals surface area contributed by atoms with E-state index in [1.54, 1.807) is 18.3 Å². The Morgan fingerprint density at radius 1 is 0.852 bits per heavy atom. The summed E-state index contributed by atoms with van der Waals surface area (Å²) < 4.78 is 14.0. The van der Waals surface area contributed by atoms with Crippen molar-refractivity contribution in [3.05, 3.63) is 54.0 Å². The molecular formula is C21H25FN4O. The lowest BCUT2D eigenvalue weighted by atomic mass is 10.1. The smallest absolute Gasteiger partial charge is 0.255 e. The van der Waals surface area contributed by atoms with E-state index in [1.165, 1.54) is 25.3 Å². The summed E-state index contributed by atoms with van der Waals surface area (Å²) in [4.78, 5) is 23.4. The number of aromatic nitrogens is 1. The van der Waals surface area contributed by atoms with E-state index in [4.69, 9.17) is 0 Å². The third-order valence-corrected chi connectivity index (χ3v) is 5.43. The minimum absolute atomic E-state index is 0.000813. The second-order valence-electron chi connectivity index (χ2n) is 7.18. The van der Waals surface area contributed by atoms with E-state index in [-0.39, 0.29) is 11.7 Å². The molecular weight excluding hydrogens is 343 g/mol. The molecule has 2 saturated heterocycles. The highest BCUT2D eigenvalue weighted by atomic mass is 19.1. The Balaban J connectivity index is 1.37. The Bertz CT molecular complexity index is 781. The molecule has 27 heavy (non-hydrogen) atoms. The lowest BCUT2D eigenvalue weighted by Gasteiger charge is -2.36. The Hall–Kier alpha value is -2.63. The number of piperidine rings is 1. The average molecular weight is 368 g/mol. The SMILES string of the molecule is O=C(c1ccc(N2CCCCC2)nc1)N1CCN(c2ccccc2F)CC1. The normalized spacial score (nSPS) is 17.9. The van der Waals surface area contributed by atoms with Crippen molar-refractivity contribution in [3.8, 4) is 0 Å². The fourth-order valence-electron chi connectivity index (χ4n) is 3.86. The van der Waals surface area contributed by atoms with E-state index in [9.17, 15) is 9.18 Å². The van der Waals surface area contributed by atoms with E-state index in [0.717, 1.165) is 18.9 Å². The highest BCUT2D eigenvalue weighted by Gasteiger charge is 2.24. The lowest BCUT2D eigenvalue weighted by Crippen LogP contribution is -2.49. The summed E-state index contributed by atoms with van der Waals surface area (Å²) >= 11 is 0. The first-order valence-corrected chi connectivity index (χ1v) is 9.72. The van der Waals surface area contributed by atoms with E-state index in [2.05, 4.69) is 9.88 Å². The van der Waals surface area contributed by atoms with Crippen LogP contribution in [0.5, 0.6) is 0 Å². The molecule has 0 radical (unpaired) electrons. The number of benzene rings is 1. The molecule has 6 heteroatoms. The molecule has 1 amide bonds. The fourth-order valence-corrected chi connectivity index (χ4v) is 3.86. The lowest BCUT2D eigenvalue weighted by molar-refractivity contribution is 0.0746. The van der Waals surface area contributed by atoms with Crippen LogP contribution in [-0.2, 0) is 0 Å². The molecule has 5 nitrogen and oxygen atoms in total. The van der Waals surface area contributed by atoms with Crippen molar-refractivity contribution in [3.63, 3.8) is 0 Å². The van der Waals surface area contributed by atoms with E-state index in [1.807, 2.05) is 28.0 Å². The number of para-hydroxylation sites is 1. The van der Waals surface area contributed by atoms with Gasteiger partial charge in [0, 0.05) is 45.5 Å². The largest absolute Gasteiger partial charge is 0.366 e. The van der Waals surface area contributed by atoms with Crippen molar-refractivity contribution in [2.75, 3.05) is 49.1 Å². The van der Waals surface area contributed by atoms with Gasteiger partial charge in [0.2, 0.25) is 0 Å². The number of halogens is 1. The van der Waals surface area contributed by atoms with Crippen LogP contribution in [-0.4, -0.2) is 55.1 Å². The first kappa shape index (κ1) is 17.8. The number of carbonyl (C=O) groups is 1. The van der Waals surface area contributed by atoms with Gasteiger partial charge in [-0.1, -0.05) is 12.1 Å². The predicted molar refractivity (Wildman–Crippen MR) is 105 cm³/mol. The minimum atomic E-state index is -0.213. The quantitative estimate of drug-likeness (QED) is 0.834. The molecule has 0 atom stereocenters. The molecule has 0 spiro atoms. The zero-order valence-electron chi connectivity index (χ0n) is 15.5. The molecule has 2 aliphatic rings. The van der Waals surface area contributed by atoms with E-state index in [0.29, 0.717) is 37.4 Å². The van der Waals surface area contributed by atoms with Gasteiger partial charge in [-0.15, -0.1) is 0 Å². The van der Waals surface area contributed by atoms with Crippen LogP contribution in [0.1, 0.15) is 29.6 Å². The number of amides is 1. The van der Waals surface area contributed by atoms with Gasteiger partial charge in [0.05, 0.1) is 11.3 Å². The summed E-state index contributed by atoms with van der Waals surface area (Å²) in [6.45, 7) is 4.51. The summed E-state index contributed by atoms with van der Waals surface area (Å²) in [5.74, 6) is 0.742. The monoisotopic (exact) mass is 368 g/mol. The number of hydrogen-bond donors (Lipinski definition) is 0. The van der Waals surface area contributed by atoms with Crippen LogP contribution < -0.4 is 9.80 Å². The van der Waals surface area contributed by atoms with Gasteiger partial charge >= 0.3 is 0 Å². The van der Waals surface area contributed by atoms with Crippen molar-refractivity contribution >= 4 is 17.4 Å². The molecule has 4 rings (SSSR count). The number of carbonyl (C=O) groups excluding carboxylic acids is 1. The van der Waals surface area contributed by atoms with Gasteiger partial charge in [-0.3, -0.25) is 4.79 Å². The Labute approximate surface area is 159 Å². The maximum absolute atomic E-state index is 14.0. The van der Waals surface area contributed by atoms with Gasteiger partial charge in [0.15, 0.2) is 0 Å². The van der Waals surface area contributed by atoms with Crippen molar-refractivity contribution in [2.24, 2.45) is 0 Å². The summed E-state index contributed by atoms with van der Waals surface area (Å²) in [6.07, 6.45) is 5.38. The average Bonchev–Trinajstić information content (AvgIpc) is 2.74. The van der Waals surface area contributed by atoms with Crippen LogP contribution in [0.25, 0.3) is 0 Å². The third kappa shape index (κ3) is 3.89. The second kappa shape index (κ2) is 7.94. The van der Waals surface area contributed by atoms with Crippen molar-refractivity contribution < 1.29 is 9.18 Å². The van der Waals surface area contributed by atoms with Crippen molar-refractivity contribution in [2.45, 2.75) is 19.3 Å².